The van der Waals surface area contributed by atoms with Crippen molar-refractivity contribution < 1.29 is 8.42 Å². The molecule has 2 fully saturated rings. The normalized spacial score (nSPS) is 32.1. The lowest BCUT2D eigenvalue weighted by Gasteiger charge is -2.37. The maximum atomic E-state index is 12.8. The average molecular weight is 303 g/mol. The van der Waals surface area contributed by atoms with Crippen LogP contribution in [0, 0.1) is 11.8 Å². The van der Waals surface area contributed by atoms with Gasteiger partial charge in [0.05, 0.1) is 0 Å². The molecule has 20 heavy (non-hydrogen) atoms. The van der Waals surface area contributed by atoms with Crippen LogP contribution in [0.5, 0.6) is 0 Å². The lowest BCUT2D eigenvalue weighted by atomic mass is 9.94. The van der Waals surface area contributed by atoms with Crippen molar-refractivity contribution in [3.05, 3.63) is 0 Å². The van der Waals surface area contributed by atoms with Gasteiger partial charge in [-0.1, -0.05) is 20.8 Å². The Morgan fingerprint density at radius 2 is 1.60 bits per heavy atom. The summed E-state index contributed by atoms with van der Waals surface area (Å²) in [5, 5.41) is 0. The van der Waals surface area contributed by atoms with Gasteiger partial charge in [0.25, 0.3) is 10.2 Å². The van der Waals surface area contributed by atoms with Crippen molar-refractivity contribution >= 4 is 10.2 Å². The summed E-state index contributed by atoms with van der Waals surface area (Å²) < 4.78 is 29.0. The molecule has 2 rings (SSSR count). The molecule has 2 aliphatic heterocycles. The molecular weight excluding hydrogens is 274 g/mol. The Hall–Kier alpha value is -0.170. The van der Waals surface area contributed by atoms with Crippen LogP contribution in [0.2, 0.25) is 0 Å². The molecule has 2 saturated heterocycles. The van der Waals surface area contributed by atoms with E-state index < -0.39 is 10.2 Å². The molecule has 118 valence electrons. The molecule has 0 aromatic heterocycles. The van der Waals surface area contributed by atoms with Crippen LogP contribution in [0.1, 0.15) is 33.6 Å². The van der Waals surface area contributed by atoms with Crippen LogP contribution in [-0.4, -0.2) is 67.7 Å². The van der Waals surface area contributed by atoms with Gasteiger partial charge in [0, 0.05) is 32.7 Å². The zero-order valence-electron chi connectivity index (χ0n) is 13.1. The van der Waals surface area contributed by atoms with Gasteiger partial charge in [0.1, 0.15) is 0 Å². The second-order valence-electron chi connectivity index (χ2n) is 6.46. The summed E-state index contributed by atoms with van der Waals surface area (Å²) in [6, 6.07) is 0. The van der Waals surface area contributed by atoms with Gasteiger partial charge in [-0.15, -0.1) is 0 Å². The number of rotatable bonds is 3. The Morgan fingerprint density at radius 3 is 2.20 bits per heavy atom. The van der Waals surface area contributed by atoms with E-state index in [2.05, 4.69) is 25.7 Å². The highest BCUT2D eigenvalue weighted by Gasteiger charge is 2.35. The van der Waals surface area contributed by atoms with E-state index in [0.717, 1.165) is 32.5 Å². The van der Waals surface area contributed by atoms with Gasteiger partial charge in [0.15, 0.2) is 0 Å². The predicted octanol–water partition coefficient (Wildman–Crippen LogP) is 1.24. The number of nitrogens with zero attached hydrogens (tertiary/aromatic N) is 3. The Bertz CT molecular complexity index is 403. The molecule has 0 N–H and O–H groups in total. The molecule has 0 aliphatic carbocycles. The van der Waals surface area contributed by atoms with Gasteiger partial charge in [-0.3, -0.25) is 0 Å². The number of piperidine rings is 1. The maximum absolute atomic E-state index is 12.8. The van der Waals surface area contributed by atoms with Crippen molar-refractivity contribution in [1.82, 2.24) is 13.5 Å². The largest absolute Gasteiger partial charge is 0.302 e. The van der Waals surface area contributed by atoms with Crippen LogP contribution in [0.25, 0.3) is 0 Å². The highest BCUT2D eigenvalue weighted by molar-refractivity contribution is 7.86. The Labute approximate surface area is 124 Å². The smallest absolute Gasteiger partial charge is 0.282 e. The minimum atomic E-state index is -3.27. The number of hydrogen-bond donors (Lipinski definition) is 0. The summed E-state index contributed by atoms with van der Waals surface area (Å²) in [4.78, 5) is 2.33. The number of likely N-dealkylation sites (N-methyl/N-ethyl adjacent to an activating group) is 1. The third-order valence-corrected chi connectivity index (χ3v) is 6.45. The molecule has 0 bridgehead atoms. The molecule has 0 radical (unpaired) electrons. The summed E-state index contributed by atoms with van der Waals surface area (Å²) in [6.45, 7) is 12.0. The van der Waals surface area contributed by atoms with E-state index in [1.807, 2.05) is 0 Å². The SMILES string of the molecule is CCN1CCCN(S(=O)(=O)N2C[C@H](C)C[C@@H](C)C2)CC1. The minimum Gasteiger partial charge on any atom is -0.302 e. The molecule has 0 unspecified atom stereocenters. The van der Waals surface area contributed by atoms with Crippen LogP contribution in [0.4, 0.5) is 0 Å². The molecule has 2 heterocycles. The van der Waals surface area contributed by atoms with Crippen LogP contribution in [0.15, 0.2) is 0 Å². The van der Waals surface area contributed by atoms with E-state index in [-0.39, 0.29) is 0 Å². The monoisotopic (exact) mass is 303 g/mol. The maximum Gasteiger partial charge on any atom is 0.282 e. The van der Waals surface area contributed by atoms with Crippen LogP contribution in [-0.2, 0) is 10.2 Å². The van der Waals surface area contributed by atoms with Crippen molar-refractivity contribution in [3.8, 4) is 0 Å². The van der Waals surface area contributed by atoms with E-state index in [0.29, 0.717) is 38.0 Å². The summed E-state index contributed by atoms with van der Waals surface area (Å²) in [6.07, 6.45) is 2.07. The Balaban J connectivity index is 2.05. The fourth-order valence-corrected chi connectivity index (χ4v) is 5.34. The molecule has 5 nitrogen and oxygen atoms in total. The van der Waals surface area contributed by atoms with Crippen molar-refractivity contribution in [1.29, 1.82) is 0 Å². The zero-order valence-corrected chi connectivity index (χ0v) is 13.9. The highest BCUT2D eigenvalue weighted by atomic mass is 32.2. The van der Waals surface area contributed by atoms with E-state index in [9.17, 15) is 8.42 Å². The van der Waals surface area contributed by atoms with Gasteiger partial charge in [-0.05, 0) is 37.8 Å². The first-order valence-electron chi connectivity index (χ1n) is 7.91. The molecule has 0 spiro atoms. The molecule has 2 aliphatic rings. The van der Waals surface area contributed by atoms with E-state index in [4.69, 9.17) is 0 Å². The molecule has 0 amide bonds. The van der Waals surface area contributed by atoms with Gasteiger partial charge in [0.2, 0.25) is 0 Å². The summed E-state index contributed by atoms with van der Waals surface area (Å²) in [7, 11) is -3.27. The topological polar surface area (TPSA) is 43.9 Å². The first-order valence-corrected chi connectivity index (χ1v) is 9.30. The van der Waals surface area contributed by atoms with Crippen molar-refractivity contribution in [3.63, 3.8) is 0 Å². The molecule has 0 aromatic rings. The van der Waals surface area contributed by atoms with Crippen LogP contribution < -0.4 is 0 Å². The minimum absolute atomic E-state index is 0.465. The summed E-state index contributed by atoms with van der Waals surface area (Å²) in [5.41, 5.74) is 0. The fraction of sp³-hybridized carbons (Fsp3) is 1.00. The van der Waals surface area contributed by atoms with Crippen molar-refractivity contribution in [2.24, 2.45) is 11.8 Å². The van der Waals surface area contributed by atoms with Gasteiger partial charge >= 0.3 is 0 Å². The first-order chi connectivity index (χ1) is 9.43. The third-order valence-electron chi connectivity index (χ3n) is 4.48. The van der Waals surface area contributed by atoms with Crippen LogP contribution in [0.3, 0.4) is 0 Å². The molecule has 0 saturated carbocycles. The number of hydrogen-bond acceptors (Lipinski definition) is 3. The first kappa shape index (κ1) is 16.2. The van der Waals surface area contributed by atoms with Gasteiger partial charge in [-0.25, -0.2) is 0 Å². The quantitative estimate of drug-likeness (QED) is 0.788. The third kappa shape index (κ3) is 3.72. The average Bonchev–Trinajstić information content (AvgIpc) is 2.63. The van der Waals surface area contributed by atoms with E-state index in [1.165, 1.54) is 0 Å². The molecule has 2 atom stereocenters. The van der Waals surface area contributed by atoms with Gasteiger partial charge < -0.3 is 4.90 Å². The van der Waals surface area contributed by atoms with Crippen molar-refractivity contribution in [2.75, 3.05) is 45.8 Å². The van der Waals surface area contributed by atoms with E-state index >= 15 is 0 Å². The van der Waals surface area contributed by atoms with Crippen molar-refractivity contribution in [2.45, 2.75) is 33.6 Å². The fourth-order valence-electron chi connectivity index (χ4n) is 3.45. The lowest BCUT2D eigenvalue weighted by Crippen LogP contribution is -2.50. The summed E-state index contributed by atoms with van der Waals surface area (Å²) in [5.74, 6) is 0.931. The standard InChI is InChI=1S/C14H29N3O2S/c1-4-15-6-5-7-16(9-8-15)20(18,19)17-11-13(2)10-14(3)12-17/h13-14H,4-12H2,1-3H3/t13-,14-/m1/s1. The Morgan fingerprint density at radius 1 is 0.950 bits per heavy atom. The second-order valence-corrected chi connectivity index (χ2v) is 8.39. The molecule has 6 heteroatoms. The highest BCUT2D eigenvalue weighted by Crippen LogP contribution is 2.25. The second kappa shape index (κ2) is 6.73. The molecule has 0 aromatic carbocycles. The Kier molecular flexibility index (Phi) is 5.45. The van der Waals surface area contributed by atoms with Crippen LogP contribution >= 0.6 is 0 Å². The van der Waals surface area contributed by atoms with Gasteiger partial charge in [-0.2, -0.15) is 17.0 Å². The van der Waals surface area contributed by atoms with E-state index in [1.54, 1.807) is 8.61 Å². The predicted molar refractivity (Wildman–Crippen MR) is 81.7 cm³/mol. The summed E-state index contributed by atoms with van der Waals surface area (Å²) >= 11 is 0. The molecular formula is C14H29N3O2S. The zero-order chi connectivity index (χ0) is 14.8. The lowest BCUT2D eigenvalue weighted by molar-refractivity contribution is 0.208.